The summed E-state index contributed by atoms with van der Waals surface area (Å²) in [5.74, 6) is -0.244. The Labute approximate surface area is 145 Å². The van der Waals surface area contributed by atoms with Crippen LogP contribution in [0, 0.1) is 15.5 Å². The predicted molar refractivity (Wildman–Crippen MR) is 95.6 cm³/mol. The summed E-state index contributed by atoms with van der Waals surface area (Å²) in [4.78, 5) is 25.2. The van der Waals surface area contributed by atoms with Crippen molar-refractivity contribution in [1.29, 1.82) is 0 Å². The van der Waals surface area contributed by atoms with Crippen molar-refractivity contribution in [1.82, 2.24) is 4.90 Å². The first-order valence-electron chi connectivity index (χ1n) is 7.34. The fraction of sp³-hybridized carbons (Fsp3) is 0.471. The maximum Gasteiger partial charge on any atom is 0.270 e. The Morgan fingerprint density at radius 2 is 2.00 bits per heavy atom. The first-order chi connectivity index (χ1) is 10.4. The number of nitrogens with zero attached hydrogens (tertiary/aromatic N) is 2. The molecule has 6 heteroatoms. The van der Waals surface area contributed by atoms with Crippen LogP contribution in [0.3, 0.4) is 0 Å². The summed E-state index contributed by atoms with van der Waals surface area (Å²) in [7, 11) is 0. The van der Waals surface area contributed by atoms with E-state index in [9.17, 15) is 14.9 Å². The molecule has 0 unspecified atom stereocenters. The highest BCUT2D eigenvalue weighted by Crippen LogP contribution is 2.29. The van der Waals surface area contributed by atoms with Crippen LogP contribution in [0.5, 0.6) is 0 Å². The number of benzene rings is 1. The number of carbonyl (C=O) groups is 1. The molecule has 0 spiro atoms. The normalized spacial score (nSPS) is 12.6. The molecule has 23 heavy (non-hydrogen) atoms. The third-order valence-electron chi connectivity index (χ3n) is 3.81. The highest BCUT2D eigenvalue weighted by molar-refractivity contribution is 9.10. The molecule has 0 saturated heterocycles. The summed E-state index contributed by atoms with van der Waals surface area (Å²) in [5, 5.41) is 11.0. The van der Waals surface area contributed by atoms with Gasteiger partial charge in [-0.3, -0.25) is 14.9 Å². The molecule has 0 saturated carbocycles. The molecule has 5 nitrogen and oxygen atoms in total. The molecular weight excluding hydrogens is 360 g/mol. The van der Waals surface area contributed by atoms with Crippen molar-refractivity contribution in [3.8, 4) is 0 Å². The van der Waals surface area contributed by atoms with Gasteiger partial charge in [0, 0.05) is 29.2 Å². The Kier molecular flexibility index (Phi) is 6.11. The maximum absolute atomic E-state index is 13.0. The van der Waals surface area contributed by atoms with Crippen LogP contribution >= 0.6 is 15.9 Å². The Morgan fingerprint density at radius 1 is 1.43 bits per heavy atom. The van der Waals surface area contributed by atoms with Gasteiger partial charge in [-0.05, 0) is 41.3 Å². The van der Waals surface area contributed by atoms with Gasteiger partial charge in [0.1, 0.15) is 0 Å². The van der Waals surface area contributed by atoms with Gasteiger partial charge in [-0.25, -0.2) is 0 Å². The molecule has 126 valence electrons. The fourth-order valence-electron chi connectivity index (χ4n) is 2.09. The SMILES string of the molecule is C=C(C)CN(C(=O)c1cc([N+](=O)[O-])ccc1Br)[C@@H](C)C(C)(C)C. The van der Waals surface area contributed by atoms with E-state index in [4.69, 9.17) is 0 Å². The minimum atomic E-state index is -0.500. The Bertz CT molecular complexity index is 635. The lowest BCUT2D eigenvalue weighted by Crippen LogP contribution is -2.46. The lowest BCUT2D eigenvalue weighted by Gasteiger charge is -2.38. The van der Waals surface area contributed by atoms with Gasteiger partial charge in [0.25, 0.3) is 11.6 Å². The van der Waals surface area contributed by atoms with E-state index in [1.165, 1.54) is 18.2 Å². The van der Waals surface area contributed by atoms with E-state index in [1.54, 1.807) is 4.90 Å². The molecule has 0 radical (unpaired) electrons. The molecule has 0 bridgehead atoms. The van der Waals surface area contributed by atoms with Crippen LogP contribution in [0.25, 0.3) is 0 Å². The molecule has 1 atom stereocenters. The van der Waals surface area contributed by atoms with E-state index in [2.05, 4.69) is 43.3 Å². The zero-order valence-corrected chi connectivity index (χ0v) is 15.8. The summed E-state index contributed by atoms with van der Waals surface area (Å²) < 4.78 is 0.543. The summed E-state index contributed by atoms with van der Waals surface area (Å²) in [6, 6.07) is 4.16. The van der Waals surface area contributed by atoms with Crippen LogP contribution in [0.1, 0.15) is 45.0 Å². The van der Waals surface area contributed by atoms with Crippen molar-refractivity contribution >= 4 is 27.5 Å². The van der Waals surface area contributed by atoms with E-state index in [-0.39, 0.29) is 28.6 Å². The second-order valence-corrected chi connectivity index (χ2v) is 7.71. The van der Waals surface area contributed by atoms with Crippen molar-refractivity contribution in [2.75, 3.05) is 6.54 Å². The molecule has 1 rings (SSSR count). The van der Waals surface area contributed by atoms with Gasteiger partial charge in [0.05, 0.1) is 10.5 Å². The van der Waals surface area contributed by atoms with E-state index in [0.29, 0.717) is 11.0 Å². The Hall–Kier alpha value is -1.69. The smallest absolute Gasteiger partial charge is 0.270 e. The van der Waals surface area contributed by atoms with Gasteiger partial charge in [-0.2, -0.15) is 0 Å². The number of carbonyl (C=O) groups excluding carboxylic acids is 1. The summed E-state index contributed by atoms with van der Waals surface area (Å²) >= 11 is 3.32. The zero-order valence-electron chi connectivity index (χ0n) is 14.2. The number of amides is 1. The standard InChI is InChI=1S/C17H23BrN2O3/c1-11(2)10-19(12(3)17(4,5)6)16(21)14-9-13(20(22)23)7-8-15(14)18/h7-9,12H,1,10H2,2-6H3/t12-/m0/s1. The average molecular weight is 383 g/mol. The molecule has 0 aliphatic heterocycles. The molecule has 0 aliphatic rings. The maximum atomic E-state index is 13.0. The van der Waals surface area contributed by atoms with Gasteiger partial charge in [0.15, 0.2) is 0 Å². The summed E-state index contributed by atoms with van der Waals surface area (Å²) in [6.45, 7) is 14.3. The molecular formula is C17H23BrN2O3. The lowest BCUT2D eigenvalue weighted by molar-refractivity contribution is -0.384. The van der Waals surface area contributed by atoms with Gasteiger partial charge in [-0.15, -0.1) is 0 Å². The molecule has 0 aromatic heterocycles. The van der Waals surface area contributed by atoms with E-state index in [0.717, 1.165) is 5.57 Å². The highest BCUT2D eigenvalue weighted by atomic mass is 79.9. The molecule has 0 heterocycles. The van der Waals surface area contributed by atoms with Crippen LogP contribution in [-0.4, -0.2) is 28.3 Å². The van der Waals surface area contributed by atoms with Gasteiger partial charge in [-0.1, -0.05) is 32.9 Å². The first kappa shape index (κ1) is 19.4. The summed E-state index contributed by atoms with van der Waals surface area (Å²) in [5.41, 5.74) is 0.918. The molecule has 1 amide bonds. The van der Waals surface area contributed by atoms with E-state index >= 15 is 0 Å². The number of hydrogen-bond donors (Lipinski definition) is 0. The largest absolute Gasteiger partial charge is 0.331 e. The third-order valence-corrected chi connectivity index (χ3v) is 4.50. The van der Waals surface area contributed by atoms with Crippen LogP contribution in [0.4, 0.5) is 5.69 Å². The number of nitro benzene ring substituents is 1. The molecule has 1 aromatic rings. The lowest BCUT2D eigenvalue weighted by atomic mass is 9.86. The van der Waals surface area contributed by atoms with Gasteiger partial charge < -0.3 is 4.90 Å². The van der Waals surface area contributed by atoms with Crippen molar-refractivity contribution in [3.05, 3.63) is 50.5 Å². The van der Waals surface area contributed by atoms with Gasteiger partial charge in [0.2, 0.25) is 0 Å². The number of halogens is 1. The van der Waals surface area contributed by atoms with Crippen molar-refractivity contribution in [3.63, 3.8) is 0 Å². The van der Waals surface area contributed by atoms with Crippen LogP contribution < -0.4 is 0 Å². The summed E-state index contributed by atoms with van der Waals surface area (Å²) in [6.07, 6.45) is 0. The molecule has 0 aliphatic carbocycles. The van der Waals surface area contributed by atoms with E-state index in [1.807, 2.05) is 13.8 Å². The van der Waals surface area contributed by atoms with Crippen LogP contribution in [0.15, 0.2) is 34.8 Å². The van der Waals surface area contributed by atoms with Crippen molar-refractivity contribution in [2.24, 2.45) is 5.41 Å². The van der Waals surface area contributed by atoms with Crippen LogP contribution in [0.2, 0.25) is 0 Å². The number of nitro groups is 1. The minimum absolute atomic E-state index is 0.0575. The molecule has 1 aromatic carbocycles. The van der Waals surface area contributed by atoms with Crippen molar-refractivity contribution in [2.45, 2.75) is 40.7 Å². The average Bonchev–Trinajstić information content (AvgIpc) is 2.42. The fourth-order valence-corrected chi connectivity index (χ4v) is 2.50. The minimum Gasteiger partial charge on any atom is -0.331 e. The Morgan fingerprint density at radius 3 is 2.43 bits per heavy atom. The van der Waals surface area contributed by atoms with Gasteiger partial charge >= 0.3 is 0 Å². The van der Waals surface area contributed by atoms with Crippen molar-refractivity contribution < 1.29 is 9.72 Å². The second kappa shape index (κ2) is 7.25. The van der Waals surface area contributed by atoms with Crippen LogP contribution in [-0.2, 0) is 0 Å². The quantitative estimate of drug-likeness (QED) is 0.416. The number of non-ortho nitro benzene ring substituents is 1. The highest BCUT2D eigenvalue weighted by Gasteiger charge is 2.31. The second-order valence-electron chi connectivity index (χ2n) is 6.85. The number of rotatable bonds is 5. The topological polar surface area (TPSA) is 63.5 Å². The molecule has 0 fully saturated rings. The molecule has 0 N–H and O–H groups in total. The first-order valence-corrected chi connectivity index (χ1v) is 8.13. The predicted octanol–water partition coefficient (Wildman–Crippen LogP) is 4.81. The number of hydrogen-bond acceptors (Lipinski definition) is 3. The Balaban J connectivity index is 3.32. The zero-order chi connectivity index (χ0) is 17.9. The van der Waals surface area contributed by atoms with E-state index < -0.39 is 4.92 Å². The third kappa shape index (κ3) is 4.89. The monoisotopic (exact) mass is 382 g/mol.